The second kappa shape index (κ2) is 7.57. The normalized spacial score (nSPS) is 15.7. The van der Waals surface area contributed by atoms with Crippen LogP contribution in [-0.4, -0.2) is 36.3 Å². The lowest BCUT2D eigenvalue weighted by Gasteiger charge is -2.33. The Hall–Kier alpha value is -2.22. The predicted octanol–water partition coefficient (Wildman–Crippen LogP) is 3.83. The highest BCUT2D eigenvalue weighted by Gasteiger charge is 2.27. The van der Waals surface area contributed by atoms with Crippen molar-refractivity contribution in [1.82, 2.24) is 4.90 Å². The van der Waals surface area contributed by atoms with Crippen LogP contribution in [0.15, 0.2) is 18.2 Å². The van der Waals surface area contributed by atoms with Crippen LogP contribution in [0.25, 0.3) is 0 Å². The summed E-state index contributed by atoms with van der Waals surface area (Å²) in [4.78, 5) is 13.7. The van der Waals surface area contributed by atoms with Gasteiger partial charge in [-0.2, -0.15) is 0 Å². The molecule has 0 aliphatic carbocycles. The lowest BCUT2D eigenvalue weighted by Crippen LogP contribution is -2.42. The molecule has 2 rings (SSSR count). The minimum atomic E-state index is -0.480. The number of hydrogen-bond acceptors (Lipinski definition) is 3. The van der Waals surface area contributed by atoms with Gasteiger partial charge in [-0.1, -0.05) is 5.92 Å². The Balaban J connectivity index is 1.78. The summed E-state index contributed by atoms with van der Waals surface area (Å²) in [5.74, 6) is 2.64. The molecule has 0 N–H and O–H groups in total. The van der Waals surface area contributed by atoms with Crippen LogP contribution in [-0.2, 0) is 4.74 Å². The molecule has 5 heteroatoms. The highest BCUT2D eigenvalue weighted by molar-refractivity contribution is 5.68. The first-order valence-corrected chi connectivity index (χ1v) is 8.15. The number of hydrogen-bond donors (Lipinski definition) is 0. The Morgan fingerprint density at radius 1 is 1.38 bits per heavy atom. The van der Waals surface area contributed by atoms with Crippen LogP contribution in [0.3, 0.4) is 0 Å². The first-order chi connectivity index (χ1) is 11.3. The van der Waals surface area contributed by atoms with E-state index in [1.165, 1.54) is 12.1 Å². The number of carbonyl (C=O) groups is 1. The number of carbonyl (C=O) groups excluding carboxylic acids is 1. The molecule has 130 valence electrons. The van der Waals surface area contributed by atoms with Crippen molar-refractivity contribution in [1.29, 1.82) is 0 Å². The summed E-state index contributed by atoms with van der Waals surface area (Å²) in [6.07, 6.45) is 6.60. The Kier molecular flexibility index (Phi) is 5.71. The maximum absolute atomic E-state index is 13.6. The highest BCUT2D eigenvalue weighted by Crippen LogP contribution is 2.22. The summed E-state index contributed by atoms with van der Waals surface area (Å²) in [6, 6.07) is 4.52. The number of benzene rings is 1. The van der Waals surface area contributed by atoms with Gasteiger partial charge in [0, 0.05) is 19.2 Å². The summed E-state index contributed by atoms with van der Waals surface area (Å²) in [6.45, 7) is 7.36. The van der Waals surface area contributed by atoms with Gasteiger partial charge in [0.25, 0.3) is 0 Å². The van der Waals surface area contributed by atoms with E-state index in [1.807, 2.05) is 20.8 Å². The summed E-state index contributed by atoms with van der Waals surface area (Å²) in [5, 5.41) is 0. The number of ether oxygens (including phenoxy) is 2. The monoisotopic (exact) mass is 333 g/mol. The van der Waals surface area contributed by atoms with Gasteiger partial charge in [0.2, 0.25) is 0 Å². The van der Waals surface area contributed by atoms with Crippen LogP contribution < -0.4 is 4.74 Å². The van der Waals surface area contributed by atoms with Crippen molar-refractivity contribution in [3.05, 3.63) is 29.6 Å². The minimum Gasteiger partial charge on any atom is -0.493 e. The van der Waals surface area contributed by atoms with E-state index in [2.05, 4.69) is 5.92 Å². The van der Waals surface area contributed by atoms with Gasteiger partial charge in [-0.3, -0.25) is 0 Å². The molecule has 0 bridgehead atoms. The SMILES string of the molecule is C#Cc1ccc(OCC2CCN(C(=O)OC(C)(C)C)CC2)cc1F. The van der Waals surface area contributed by atoms with Crippen molar-refractivity contribution in [2.75, 3.05) is 19.7 Å². The number of piperidine rings is 1. The Morgan fingerprint density at radius 3 is 2.58 bits per heavy atom. The third kappa shape index (κ3) is 5.16. The second-order valence-electron chi connectivity index (χ2n) is 7.01. The molecule has 1 aliphatic rings. The average Bonchev–Trinajstić information content (AvgIpc) is 2.52. The molecule has 1 saturated heterocycles. The van der Waals surface area contributed by atoms with Gasteiger partial charge >= 0.3 is 6.09 Å². The van der Waals surface area contributed by atoms with Crippen LogP contribution in [0, 0.1) is 24.1 Å². The smallest absolute Gasteiger partial charge is 0.410 e. The molecular weight excluding hydrogens is 309 g/mol. The van der Waals surface area contributed by atoms with Crippen molar-refractivity contribution in [2.45, 2.75) is 39.2 Å². The second-order valence-corrected chi connectivity index (χ2v) is 7.01. The first-order valence-electron chi connectivity index (χ1n) is 8.15. The summed E-state index contributed by atoms with van der Waals surface area (Å²) in [7, 11) is 0. The number of likely N-dealkylation sites (tertiary alicyclic amines) is 1. The van der Waals surface area contributed by atoms with Crippen molar-refractivity contribution < 1.29 is 18.7 Å². The van der Waals surface area contributed by atoms with Gasteiger partial charge in [0.1, 0.15) is 17.2 Å². The Labute approximate surface area is 142 Å². The molecule has 1 aromatic rings. The third-order valence-corrected chi connectivity index (χ3v) is 3.85. The van der Waals surface area contributed by atoms with E-state index in [9.17, 15) is 9.18 Å². The van der Waals surface area contributed by atoms with Crippen molar-refractivity contribution in [3.8, 4) is 18.1 Å². The highest BCUT2D eigenvalue weighted by atomic mass is 19.1. The standard InChI is InChI=1S/C19H24FNO3/c1-5-15-6-7-16(12-17(15)20)23-13-14-8-10-21(11-9-14)18(22)24-19(2,3)4/h1,6-7,12,14H,8-11,13H2,2-4H3. The van der Waals surface area contributed by atoms with Gasteiger partial charge in [0.05, 0.1) is 12.2 Å². The topological polar surface area (TPSA) is 38.8 Å². The number of terminal acetylenes is 1. The van der Waals surface area contributed by atoms with E-state index in [0.717, 1.165) is 12.8 Å². The van der Waals surface area contributed by atoms with E-state index in [-0.39, 0.29) is 11.7 Å². The van der Waals surface area contributed by atoms with Gasteiger partial charge in [-0.05, 0) is 51.7 Å². The van der Waals surface area contributed by atoms with Crippen LogP contribution in [0.4, 0.5) is 9.18 Å². The fourth-order valence-corrected chi connectivity index (χ4v) is 2.53. The molecule has 1 aromatic carbocycles. The van der Waals surface area contributed by atoms with Crippen LogP contribution in [0.5, 0.6) is 5.75 Å². The lowest BCUT2D eigenvalue weighted by atomic mass is 9.98. The fraction of sp³-hybridized carbons (Fsp3) is 0.526. The van der Waals surface area contributed by atoms with Gasteiger partial charge < -0.3 is 14.4 Å². The largest absolute Gasteiger partial charge is 0.493 e. The molecule has 0 unspecified atom stereocenters. The van der Waals surface area contributed by atoms with E-state index in [4.69, 9.17) is 15.9 Å². The third-order valence-electron chi connectivity index (χ3n) is 3.85. The van der Waals surface area contributed by atoms with E-state index >= 15 is 0 Å². The molecule has 1 amide bonds. The number of amides is 1. The Morgan fingerprint density at radius 2 is 2.04 bits per heavy atom. The summed E-state index contributed by atoms with van der Waals surface area (Å²) in [5.41, 5.74) is -0.251. The number of rotatable bonds is 3. The molecule has 1 aliphatic heterocycles. The summed E-state index contributed by atoms with van der Waals surface area (Å²) >= 11 is 0. The predicted molar refractivity (Wildman–Crippen MR) is 90.4 cm³/mol. The van der Waals surface area contributed by atoms with E-state index < -0.39 is 11.4 Å². The first kappa shape index (κ1) is 18.1. The molecule has 0 aromatic heterocycles. The molecule has 4 nitrogen and oxygen atoms in total. The maximum Gasteiger partial charge on any atom is 0.410 e. The lowest BCUT2D eigenvalue weighted by molar-refractivity contribution is 0.0165. The Bertz CT molecular complexity index is 622. The molecule has 0 spiro atoms. The molecule has 0 radical (unpaired) electrons. The van der Waals surface area contributed by atoms with Crippen LogP contribution >= 0.6 is 0 Å². The average molecular weight is 333 g/mol. The number of nitrogens with zero attached hydrogens (tertiary/aromatic N) is 1. The molecule has 24 heavy (non-hydrogen) atoms. The van der Waals surface area contributed by atoms with Crippen LogP contribution in [0.1, 0.15) is 39.2 Å². The van der Waals surface area contributed by atoms with Crippen molar-refractivity contribution >= 4 is 6.09 Å². The van der Waals surface area contributed by atoms with Gasteiger partial charge in [-0.15, -0.1) is 6.42 Å². The fourth-order valence-electron chi connectivity index (χ4n) is 2.53. The minimum absolute atomic E-state index is 0.230. The molecule has 1 heterocycles. The maximum atomic E-state index is 13.6. The van der Waals surface area contributed by atoms with Crippen molar-refractivity contribution in [3.63, 3.8) is 0 Å². The van der Waals surface area contributed by atoms with Gasteiger partial charge in [0.15, 0.2) is 0 Å². The molecule has 0 atom stereocenters. The number of halogens is 1. The van der Waals surface area contributed by atoms with Crippen LogP contribution in [0.2, 0.25) is 0 Å². The van der Waals surface area contributed by atoms with E-state index in [1.54, 1.807) is 11.0 Å². The zero-order valence-electron chi connectivity index (χ0n) is 14.5. The quantitative estimate of drug-likeness (QED) is 0.789. The molecule has 0 saturated carbocycles. The summed E-state index contributed by atoms with van der Waals surface area (Å²) < 4.78 is 24.6. The van der Waals surface area contributed by atoms with E-state index in [0.29, 0.717) is 31.4 Å². The zero-order valence-corrected chi connectivity index (χ0v) is 14.5. The molecular formula is C19H24FNO3. The van der Waals surface area contributed by atoms with Crippen molar-refractivity contribution in [2.24, 2.45) is 5.92 Å². The van der Waals surface area contributed by atoms with Gasteiger partial charge in [-0.25, -0.2) is 9.18 Å². The molecule has 1 fully saturated rings. The zero-order chi connectivity index (χ0) is 17.7.